The molecule has 0 saturated carbocycles. The number of anilines is 1. The van der Waals surface area contributed by atoms with Crippen LogP contribution in [0.15, 0.2) is 48.7 Å². The number of carbonyl (C=O) groups excluding carboxylic acids is 1. The maximum Gasteiger partial charge on any atom is 0.257 e. The SMILES string of the molecule is O=C(c1ccccc1O)N1CCN(c2ccccn2)CC1. The molecule has 0 radical (unpaired) electrons. The van der Waals surface area contributed by atoms with Gasteiger partial charge < -0.3 is 14.9 Å². The first-order valence-electron chi connectivity index (χ1n) is 6.99. The summed E-state index contributed by atoms with van der Waals surface area (Å²) in [6.45, 7) is 2.75. The van der Waals surface area contributed by atoms with Crippen LogP contribution in [0.25, 0.3) is 0 Å². The molecule has 1 aliphatic heterocycles. The molecule has 1 fully saturated rings. The summed E-state index contributed by atoms with van der Waals surface area (Å²) in [5.41, 5.74) is 0.365. The van der Waals surface area contributed by atoms with E-state index in [0.29, 0.717) is 18.7 Å². The number of hydrogen-bond donors (Lipinski definition) is 1. The van der Waals surface area contributed by atoms with Gasteiger partial charge in [-0.1, -0.05) is 18.2 Å². The molecule has 1 amide bonds. The van der Waals surface area contributed by atoms with Gasteiger partial charge in [0.05, 0.1) is 5.56 Å². The molecule has 0 aliphatic carbocycles. The van der Waals surface area contributed by atoms with E-state index in [2.05, 4.69) is 9.88 Å². The number of phenols is 1. The van der Waals surface area contributed by atoms with Crippen molar-refractivity contribution in [2.24, 2.45) is 0 Å². The first-order valence-corrected chi connectivity index (χ1v) is 6.99. The molecule has 0 spiro atoms. The first kappa shape index (κ1) is 13.4. The number of hydrogen-bond acceptors (Lipinski definition) is 4. The van der Waals surface area contributed by atoms with Crippen LogP contribution in [-0.2, 0) is 0 Å². The maximum absolute atomic E-state index is 12.4. The molecular weight excluding hydrogens is 266 g/mol. The lowest BCUT2D eigenvalue weighted by molar-refractivity contribution is 0.0743. The Kier molecular flexibility index (Phi) is 3.73. The quantitative estimate of drug-likeness (QED) is 0.912. The second kappa shape index (κ2) is 5.83. The van der Waals surface area contributed by atoms with Crippen LogP contribution >= 0.6 is 0 Å². The number of benzene rings is 1. The zero-order valence-electron chi connectivity index (χ0n) is 11.6. The minimum atomic E-state index is -0.117. The fraction of sp³-hybridized carbons (Fsp3) is 0.250. The molecule has 1 aromatic carbocycles. The minimum Gasteiger partial charge on any atom is -0.507 e. The molecule has 1 saturated heterocycles. The zero-order valence-corrected chi connectivity index (χ0v) is 11.6. The lowest BCUT2D eigenvalue weighted by Crippen LogP contribution is -2.49. The number of amides is 1. The fourth-order valence-corrected chi connectivity index (χ4v) is 2.50. The Morgan fingerprint density at radius 3 is 2.38 bits per heavy atom. The number of carbonyl (C=O) groups is 1. The highest BCUT2D eigenvalue weighted by molar-refractivity contribution is 5.96. The van der Waals surface area contributed by atoms with E-state index in [1.165, 1.54) is 6.07 Å². The maximum atomic E-state index is 12.4. The van der Waals surface area contributed by atoms with E-state index in [9.17, 15) is 9.90 Å². The van der Waals surface area contributed by atoms with Crippen molar-refractivity contribution in [2.45, 2.75) is 0 Å². The number of phenolic OH excluding ortho intramolecular Hbond substituents is 1. The largest absolute Gasteiger partial charge is 0.507 e. The molecule has 3 rings (SSSR count). The van der Waals surface area contributed by atoms with Crippen molar-refractivity contribution in [2.75, 3.05) is 31.1 Å². The van der Waals surface area contributed by atoms with Crippen molar-refractivity contribution in [3.05, 3.63) is 54.2 Å². The highest BCUT2D eigenvalue weighted by Crippen LogP contribution is 2.19. The normalized spacial score (nSPS) is 15.0. The number of para-hydroxylation sites is 1. The van der Waals surface area contributed by atoms with E-state index in [1.54, 1.807) is 29.3 Å². The van der Waals surface area contributed by atoms with Crippen LogP contribution in [0, 0.1) is 0 Å². The van der Waals surface area contributed by atoms with Crippen LogP contribution in [0.4, 0.5) is 5.82 Å². The van der Waals surface area contributed by atoms with Gasteiger partial charge >= 0.3 is 0 Å². The standard InChI is InChI=1S/C16H17N3O2/c20-14-6-2-1-5-13(14)16(21)19-11-9-18(10-12-19)15-7-3-4-8-17-15/h1-8,20H,9-12H2. The van der Waals surface area contributed by atoms with E-state index in [4.69, 9.17) is 0 Å². The first-order chi connectivity index (χ1) is 10.3. The third-order valence-corrected chi connectivity index (χ3v) is 3.67. The van der Waals surface area contributed by atoms with Crippen LogP contribution in [-0.4, -0.2) is 47.1 Å². The fourth-order valence-electron chi connectivity index (χ4n) is 2.50. The average Bonchev–Trinajstić information content (AvgIpc) is 2.56. The highest BCUT2D eigenvalue weighted by atomic mass is 16.3. The number of piperazine rings is 1. The molecule has 2 heterocycles. The average molecular weight is 283 g/mol. The van der Waals surface area contributed by atoms with Crippen molar-refractivity contribution in [3.8, 4) is 5.75 Å². The molecule has 0 atom stereocenters. The summed E-state index contributed by atoms with van der Waals surface area (Å²) in [6.07, 6.45) is 1.77. The Hall–Kier alpha value is -2.56. The molecule has 1 aliphatic rings. The summed E-state index contributed by atoms with van der Waals surface area (Å²) in [5, 5.41) is 9.77. The predicted molar refractivity (Wildman–Crippen MR) is 80.5 cm³/mol. The van der Waals surface area contributed by atoms with Crippen molar-refractivity contribution >= 4 is 11.7 Å². The summed E-state index contributed by atoms with van der Waals surface area (Å²) >= 11 is 0. The molecule has 2 aromatic rings. The monoisotopic (exact) mass is 283 g/mol. The van der Waals surface area contributed by atoms with Crippen molar-refractivity contribution in [1.29, 1.82) is 0 Å². The van der Waals surface area contributed by atoms with Crippen LogP contribution in [0.1, 0.15) is 10.4 Å². The molecular formula is C16H17N3O2. The molecule has 5 heteroatoms. The third-order valence-electron chi connectivity index (χ3n) is 3.67. The number of aromatic hydroxyl groups is 1. The molecule has 5 nitrogen and oxygen atoms in total. The summed E-state index contributed by atoms with van der Waals surface area (Å²) in [4.78, 5) is 20.7. The molecule has 1 aromatic heterocycles. The van der Waals surface area contributed by atoms with E-state index >= 15 is 0 Å². The van der Waals surface area contributed by atoms with Crippen LogP contribution in [0.5, 0.6) is 5.75 Å². The van der Waals surface area contributed by atoms with Crippen molar-refractivity contribution in [3.63, 3.8) is 0 Å². The summed E-state index contributed by atoms with van der Waals surface area (Å²) in [6, 6.07) is 12.5. The zero-order chi connectivity index (χ0) is 14.7. The van der Waals surface area contributed by atoms with Crippen molar-refractivity contribution in [1.82, 2.24) is 9.88 Å². The number of pyridine rings is 1. The number of rotatable bonds is 2. The van der Waals surface area contributed by atoms with E-state index in [-0.39, 0.29) is 11.7 Å². The summed E-state index contributed by atoms with van der Waals surface area (Å²) in [5.74, 6) is 0.857. The van der Waals surface area contributed by atoms with Gasteiger partial charge in [0, 0.05) is 32.4 Å². The Morgan fingerprint density at radius 1 is 1.00 bits per heavy atom. The van der Waals surface area contributed by atoms with Gasteiger partial charge in [0.25, 0.3) is 5.91 Å². The second-order valence-electron chi connectivity index (χ2n) is 4.98. The van der Waals surface area contributed by atoms with E-state index in [0.717, 1.165) is 18.9 Å². The topological polar surface area (TPSA) is 56.7 Å². The van der Waals surface area contributed by atoms with Crippen LogP contribution in [0.3, 0.4) is 0 Å². The van der Waals surface area contributed by atoms with Crippen LogP contribution < -0.4 is 4.90 Å². The Bertz CT molecular complexity index is 622. The van der Waals surface area contributed by atoms with Gasteiger partial charge in [0.15, 0.2) is 0 Å². The van der Waals surface area contributed by atoms with Crippen LogP contribution in [0.2, 0.25) is 0 Å². The molecule has 21 heavy (non-hydrogen) atoms. The smallest absolute Gasteiger partial charge is 0.257 e. The molecule has 0 unspecified atom stereocenters. The Labute approximate surface area is 123 Å². The van der Waals surface area contributed by atoms with Gasteiger partial charge in [-0.15, -0.1) is 0 Å². The third kappa shape index (κ3) is 2.81. The summed E-state index contributed by atoms with van der Waals surface area (Å²) < 4.78 is 0. The Morgan fingerprint density at radius 2 is 1.71 bits per heavy atom. The lowest BCUT2D eigenvalue weighted by Gasteiger charge is -2.35. The summed E-state index contributed by atoms with van der Waals surface area (Å²) in [7, 11) is 0. The van der Waals surface area contributed by atoms with Gasteiger partial charge in [-0.2, -0.15) is 0 Å². The van der Waals surface area contributed by atoms with E-state index < -0.39 is 0 Å². The Balaban J connectivity index is 1.66. The van der Waals surface area contributed by atoms with Gasteiger partial charge in [0.2, 0.25) is 0 Å². The van der Waals surface area contributed by atoms with Crippen molar-refractivity contribution < 1.29 is 9.90 Å². The van der Waals surface area contributed by atoms with Gasteiger partial charge in [-0.25, -0.2) is 4.98 Å². The van der Waals surface area contributed by atoms with Gasteiger partial charge in [0.1, 0.15) is 11.6 Å². The molecule has 0 bridgehead atoms. The minimum absolute atomic E-state index is 0.0367. The number of nitrogens with zero attached hydrogens (tertiary/aromatic N) is 3. The van der Waals surface area contributed by atoms with E-state index in [1.807, 2.05) is 18.2 Å². The number of aromatic nitrogens is 1. The highest BCUT2D eigenvalue weighted by Gasteiger charge is 2.24. The predicted octanol–water partition coefficient (Wildman–Crippen LogP) is 1.75. The second-order valence-corrected chi connectivity index (χ2v) is 4.98. The molecule has 1 N–H and O–H groups in total. The molecule has 108 valence electrons. The lowest BCUT2D eigenvalue weighted by atomic mass is 10.1. The van der Waals surface area contributed by atoms with Gasteiger partial charge in [-0.3, -0.25) is 4.79 Å². The van der Waals surface area contributed by atoms with Gasteiger partial charge in [-0.05, 0) is 24.3 Å².